The van der Waals surface area contributed by atoms with E-state index in [2.05, 4.69) is 0 Å². The first kappa shape index (κ1) is 34.6. The largest absolute Gasteiger partial charge is 0.484 e. The molecule has 250 valence electrons. The zero-order chi connectivity index (χ0) is 33.4. The Morgan fingerprint density at radius 1 is 1.07 bits per heavy atom. The highest BCUT2D eigenvalue weighted by molar-refractivity contribution is 7.89. The third-order valence-corrected chi connectivity index (χ3v) is 8.90. The molecule has 2 heterocycles. The van der Waals surface area contributed by atoms with Crippen molar-refractivity contribution >= 4 is 16.1 Å². The van der Waals surface area contributed by atoms with Crippen LogP contribution in [0.15, 0.2) is 47.4 Å². The molecule has 1 saturated heterocycles. The first-order chi connectivity index (χ1) is 20.7. The van der Waals surface area contributed by atoms with Crippen molar-refractivity contribution in [2.24, 2.45) is 5.92 Å². The molecule has 0 radical (unpaired) electrons. The second kappa shape index (κ2) is 12.9. The number of hydrogen-bond donors (Lipinski definition) is 0. The van der Waals surface area contributed by atoms with Crippen molar-refractivity contribution in [1.29, 1.82) is 0 Å². The van der Waals surface area contributed by atoms with Gasteiger partial charge in [0.25, 0.3) is 0 Å². The zero-order valence-corrected chi connectivity index (χ0v) is 27.3. The third kappa shape index (κ3) is 8.73. The molecular weight excluding hydrogens is 617 g/mol. The summed E-state index contributed by atoms with van der Waals surface area (Å²) >= 11 is 0. The number of alkyl halides is 3. The number of amides is 1. The standard InChI is InChI=1S/C31H41F3N2O8S/c1-20(2)16-35(45(38,39)23-12-13-25-26(15-23)42-19-41-25)17-27-24(36(30(6,7)43-27)28(37)44-29(3,4)5)14-21-8-10-22(11-9-21)40-18-31(32,33)34/h8-13,15,20,24,27H,14,16-19H2,1-7H3. The van der Waals surface area contributed by atoms with Crippen LogP contribution in [0.1, 0.15) is 54.0 Å². The number of halogens is 3. The number of ether oxygens (including phenoxy) is 5. The fourth-order valence-corrected chi connectivity index (χ4v) is 6.94. The first-order valence-electron chi connectivity index (χ1n) is 14.6. The van der Waals surface area contributed by atoms with Crippen molar-refractivity contribution in [3.8, 4) is 17.2 Å². The lowest BCUT2D eigenvalue weighted by molar-refractivity contribution is -0.153. The van der Waals surface area contributed by atoms with Crippen LogP contribution in [0, 0.1) is 5.92 Å². The molecule has 10 nitrogen and oxygen atoms in total. The molecule has 0 aromatic heterocycles. The van der Waals surface area contributed by atoms with Gasteiger partial charge in [-0.1, -0.05) is 26.0 Å². The predicted octanol–water partition coefficient (Wildman–Crippen LogP) is 5.99. The Kier molecular flexibility index (Phi) is 9.91. The van der Waals surface area contributed by atoms with E-state index in [1.54, 1.807) is 52.8 Å². The van der Waals surface area contributed by atoms with Crippen LogP contribution >= 0.6 is 0 Å². The van der Waals surface area contributed by atoms with E-state index in [0.29, 0.717) is 17.1 Å². The van der Waals surface area contributed by atoms with E-state index in [1.165, 1.54) is 33.5 Å². The first-order valence-corrected chi connectivity index (χ1v) is 16.1. The summed E-state index contributed by atoms with van der Waals surface area (Å²) in [7, 11) is -4.05. The van der Waals surface area contributed by atoms with Crippen LogP contribution in [0.4, 0.5) is 18.0 Å². The minimum Gasteiger partial charge on any atom is -0.484 e. The lowest BCUT2D eigenvalue weighted by atomic mass is 9.99. The smallest absolute Gasteiger partial charge is 0.422 e. The van der Waals surface area contributed by atoms with Crippen molar-refractivity contribution in [1.82, 2.24) is 9.21 Å². The molecule has 2 aromatic rings. The van der Waals surface area contributed by atoms with Gasteiger partial charge in [0.05, 0.1) is 17.0 Å². The van der Waals surface area contributed by atoms with Crippen molar-refractivity contribution in [2.45, 2.75) is 89.4 Å². The molecule has 0 spiro atoms. The van der Waals surface area contributed by atoms with Crippen LogP contribution in [-0.2, 0) is 25.9 Å². The van der Waals surface area contributed by atoms with E-state index in [9.17, 15) is 26.4 Å². The summed E-state index contributed by atoms with van der Waals surface area (Å²) in [6, 6.07) is 9.80. The van der Waals surface area contributed by atoms with Crippen molar-refractivity contribution in [2.75, 3.05) is 26.5 Å². The van der Waals surface area contributed by atoms with Gasteiger partial charge in [0.1, 0.15) is 17.1 Å². The van der Waals surface area contributed by atoms with Gasteiger partial charge in [-0.25, -0.2) is 13.2 Å². The number of sulfonamides is 1. The number of carbonyl (C=O) groups excluding carboxylic acids is 1. The van der Waals surface area contributed by atoms with Gasteiger partial charge in [-0.15, -0.1) is 0 Å². The molecule has 2 unspecified atom stereocenters. The SMILES string of the molecule is CC(C)CN(CC1OC(C)(C)N(C(=O)OC(C)(C)C)C1Cc1ccc(OCC(F)(F)F)cc1)S(=O)(=O)c1ccc2c(c1)OCO2. The third-order valence-electron chi connectivity index (χ3n) is 7.08. The average molecular weight is 659 g/mol. The van der Waals surface area contributed by atoms with Crippen molar-refractivity contribution in [3.63, 3.8) is 0 Å². The molecule has 14 heteroatoms. The summed E-state index contributed by atoms with van der Waals surface area (Å²) in [6.45, 7) is 11.1. The Hall–Kier alpha value is -3.23. The van der Waals surface area contributed by atoms with Crippen LogP contribution in [0.2, 0.25) is 0 Å². The van der Waals surface area contributed by atoms with E-state index in [4.69, 9.17) is 23.7 Å². The summed E-state index contributed by atoms with van der Waals surface area (Å²) in [5.41, 5.74) is -1.33. The fraction of sp³-hybridized carbons (Fsp3) is 0.581. The number of rotatable bonds is 10. The molecule has 0 N–H and O–H groups in total. The maximum atomic E-state index is 14.0. The van der Waals surface area contributed by atoms with Gasteiger partial charge in [-0.2, -0.15) is 17.5 Å². The van der Waals surface area contributed by atoms with Gasteiger partial charge in [0.2, 0.25) is 16.8 Å². The van der Waals surface area contributed by atoms with Crippen LogP contribution in [0.25, 0.3) is 0 Å². The summed E-state index contributed by atoms with van der Waals surface area (Å²) in [6.07, 6.45) is -5.71. The van der Waals surface area contributed by atoms with E-state index in [-0.39, 0.29) is 42.9 Å². The highest BCUT2D eigenvalue weighted by atomic mass is 32.2. The second-order valence-corrected chi connectivity index (χ2v) is 14.9. The summed E-state index contributed by atoms with van der Waals surface area (Å²) in [5, 5.41) is 0. The highest BCUT2D eigenvalue weighted by Crippen LogP contribution is 2.38. The van der Waals surface area contributed by atoms with Gasteiger partial charge in [0.15, 0.2) is 18.1 Å². The van der Waals surface area contributed by atoms with Gasteiger partial charge < -0.3 is 23.7 Å². The monoisotopic (exact) mass is 658 g/mol. The number of nitrogens with zero attached hydrogens (tertiary/aromatic N) is 2. The lowest BCUT2D eigenvalue weighted by Crippen LogP contribution is -2.52. The minimum absolute atomic E-state index is 0.00282. The van der Waals surface area contributed by atoms with E-state index >= 15 is 0 Å². The average Bonchev–Trinajstić information content (AvgIpc) is 3.47. The summed E-state index contributed by atoms with van der Waals surface area (Å²) in [5.74, 6) is 0.772. The van der Waals surface area contributed by atoms with Gasteiger partial charge in [-0.05, 0) is 76.8 Å². The minimum atomic E-state index is -4.48. The summed E-state index contributed by atoms with van der Waals surface area (Å²) in [4.78, 5) is 15.1. The van der Waals surface area contributed by atoms with E-state index in [0.717, 1.165) is 0 Å². The van der Waals surface area contributed by atoms with Crippen molar-refractivity contribution in [3.05, 3.63) is 48.0 Å². The highest BCUT2D eigenvalue weighted by Gasteiger charge is 2.52. The fourth-order valence-electron chi connectivity index (χ4n) is 5.31. The van der Waals surface area contributed by atoms with E-state index in [1.807, 2.05) is 13.8 Å². The van der Waals surface area contributed by atoms with E-state index < -0.39 is 52.4 Å². The van der Waals surface area contributed by atoms with Gasteiger partial charge >= 0.3 is 12.3 Å². The molecule has 1 amide bonds. The lowest BCUT2D eigenvalue weighted by Gasteiger charge is -2.35. The molecular formula is C31H41F3N2O8S. The molecule has 45 heavy (non-hydrogen) atoms. The molecule has 2 atom stereocenters. The number of benzene rings is 2. The Morgan fingerprint density at radius 3 is 2.31 bits per heavy atom. The Labute approximate surface area is 262 Å². The van der Waals surface area contributed by atoms with Crippen LogP contribution < -0.4 is 14.2 Å². The molecule has 0 bridgehead atoms. The van der Waals surface area contributed by atoms with Gasteiger partial charge in [-0.3, -0.25) is 4.90 Å². The molecule has 4 rings (SSSR count). The quantitative estimate of drug-likeness (QED) is 0.307. The second-order valence-electron chi connectivity index (χ2n) is 13.0. The Bertz CT molecular complexity index is 1460. The normalized spacial score (nSPS) is 19.8. The number of fused-ring (bicyclic) bond motifs is 1. The molecule has 1 fully saturated rings. The maximum absolute atomic E-state index is 14.0. The Balaban J connectivity index is 1.67. The molecule has 2 aliphatic heterocycles. The number of hydrogen-bond acceptors (Lipinski definition) is 8. The molecule has 0 aliphatic carbocycles. The van der Waals surface area contributed by atoms with Crippen LogP contribution in [0.3, 0.4) is 0 Å². The van der Waals surface area contributed by atoms with Gasteiger partial charge in [0, 0.05) is 19.2 Å². The topological polar surface area (TPSA) is 104 Å². The number of carbonyl (C=O) groups is 1. The zero-order valence-electron chi connectivity index (χ0n) is 26.5. The maximum Gasteiger partial charge on any atom is 0.422 e. The van der Waals surface area contributed by atoms with Crippen LogP contribution in [0.5, 0.6) is 17.2 Å². The van der Waals surface area contributed by atoms with Crippen molar-refractivity contribution < 1.29 is 50.1 Å². The van der Waals surface area contributed by atoms with Crippen LogP contribution in [-0.4, -0.2) is 79.9 Å². The summed E-state index contributed by atoms with van der Waals surface area (Å²) < 4.78 is 95.0. The predicted molar refractivity (Wildman–Crippen MR) is 159 cm³/mol. The molecule has 2 aliphatic rings. The Morgan fingerprint density at radius 2 is 1.71 bits per heavy atom. The molecule has 2 aromatic carbocycles. The molecule has 0 saturated carbocycles.